The molecule has 4 aromatic carbocycles. The third-order valence-corrected chi connectivity index (χ3v) is 12.5. The van der Waals surface area contributed by atoms with Crippen molar-refractivity contribution < 1.29 is 26.5 Å². The van der Waals surface area contributed by atoms with Gasteiger partial charge in [0.25, 0.3) is 0 Å². The summed E-state index contributed by atoms with van der Waals surface area (Å²) in [7, 11) is 1.99. The largest absolute Gasteiger partial charge is 2.00 e. The summed E-state index contributed by atoms with van der Waals surface area (Å²) in [5, 5.41) is 5.19. The van der Waals surface area contributed by atoms with Crippen LogP contribution in [0.1, 0.15) is 6.92 Å². The molecular formula is C38H36FeO2P2+2. The molecule has 1 unspecified atom stereocenters. The van der Waals surface area contributed by atoms with Gasteiger partial charge in [0.15, 0.2) is 0 Å². The Labute approximate surface area is 273 Å². The Hall–Kier alpha value is -2.14. The number of methoxy groups -OCH3 is 2. The molecule has 2 saturated carbocycles. The van der Waals surface area contributed by atoms with Gasteiger partial charge in [-0.25, -0.2) is 0 Å². The summed E-state index contributed by atoms with van der Waals surface area (Å²) >= 11 is 0. The van der Waals surface area contributed by atoms with Crippen molar-refractivity contribution in [1.82, 2.24) is 0 Å². The first kappa shape index (κ1) is 33.7. The molecule has 6 rings (SSSR count). The molecule has 0 spiro atoms. The molecule has 0 aliphatic heterocycles. The fraction of sp³-hybridized carbons (Fsp3) is 0.105. The molecule has 1 atom stereocenters. The van der Waals surface area contributed by atoms with Crippen molar-refractivity contribution >= 4 is 37.1 Å². The first-order chi connectivity index (χ1) is 20.7. The minimum atomic E-state index is -0.834. The monoisotopic (exact) mass is 642 g/mol. The second-order valence-corrected chi connectivity index (χ2v) is 14.4. The first-order valence-corrected chi connectivity index (χ1v) is 16.9. The quantitative estimate of drug-likeness (QED) is 0.140. The number of hydrogen-bond donors (Lipinski definition) is 0. The molecule has 2 fully saturated rings. The Morgan fingerprint density at radius 2 is 0.930 bits per heavy atom. The van der Waals surface area contributed by atoms with Gasteiger partial charge in [0.1, 0.15) is 11.5 Å². The number of benzene rings is 4. The molecule has 0 heterocycles. The van der Waals surface area contributed by atoms with Crippen molar-refractivity contribution in [2.45, 2.75) is 12.6 Å². The fourth-order valence-electron chi connectivity index (χ4n) is 5.23. The van der Waals surface area contributed by atoms with Gasteiger partial charge in [0, 0.05) is 16.3 Å². The fourth-order valence-corrected chi connectivity index (χ4v) is 10.8. The second kappa shape index (κ2) is 17.4. The average molecular weight is 642 g/mol. The number of para-hydroxylation sites is 2. The minimum absolute atomic E-state index is 0. The topological polar surface area (TPSA) is 18.5 Å². The maximum atomic E-state index is 5.88. The van der Waals surface area contributed by atoms with E-state index in [-0.39, 0.29) is 22.7 Å². The van der Waals surface area contributed by atoms with Gasteiger partial charge >= 0.3 is 17.1 Å². The second-order valence-electron chi connectivity index (χ2n) is 9.72. The van der Waals surface area contributed by atoms with E-state index in [9.17, 15) is 0 Å². The van der Waals surface area contributed by atoms with Crippen molar-refractivity contribution in [2.24, 2.45) is 0 Å². The van der Waals surface area contributed by atoms with E-state index in [0.717, 1.165) is 11.5 Å². The summed E-state index contributed by atoms with van der Waals surface area (Å²) in [6.45, 7) is 2.37. The number of hydrogen-bond acceptors (Lipinski definition) is 2. The summed E-state index contributed by atoms with van der Waals surface area (Å²) in [5.41, 5.74) is 1.65. The van der Waals surface area contributed by atoms with Crippen molar-refractivity contribution in [3.63, 3.8) is 0 Å². The van der Waals surface area contributed by atoms with Crippen LogP contribution in [0.2, 0.25) is 0 Å². The molecule has 0 bridgehead atoms. The van der Waals surface area contributed by atoms with E-state index in [1.807, 2.05) is 44.2 Å². The summed E-state index contributed by atoms with van der Waals surface area (Å²) < 4.78 is 11.8. The van der Waals surface area contributed by atoms with Gasteiger partial charge in [0.05, 0.1) is 14.2 Å². The van der Waals surface area contributed by atoms with Gasteiger partial charge in [0.2, 0.25) is 0 Å². The third kappa shape index (κ3) is 8.32. The molecule has 0 N–H and O–H groups in total. The summed E-state index contributed by atoms with van der Waals surface area (Å²) in [4.78, 5) is 0. The molecule has 0 aromatic heterocycles. The molecule has 2 aliphatic carbocycles. The Morgan fingerprint density at radius 1 is 0.512 bits per heavy atom. The summed E-state index contributed by atoms with van der Waals surface area (Å²) in [6, 6.07) is 38.7. The standard InChI is InChI=1S/C33H31O2P2.C5H5.Fe/c1-25(36(32-22-12-10-20-29(32)34-2)33-23-13-11-21-30(33)35-3)28-19-14-24-31(28)37(26-15-6-4-7-16-26)27-17-8-5-9-18-27;1-2-4-5-3-1;/h4-25H,1-3H3;1-5H;/q;;+2. The van der Waals surface area contributed by atoms with Crippen LogP contribution in [-0.4, -0.2) is 19.9 Å². The maximum absolute atomic E-state index is 5.88. The van der Waals surface area contributed by atoms with Gasteiger partial charge in [-0.3, -0.25) is 0 Å². The van der Waals surface area contributed by atoms with Crippen LogP contribution in [0.25, 0.3) is 0 Å². The Bertz CT molecular complexity index is 1270. The molecule has 10 radical (unpaired) electrons. The number of ether oxygens (including phenoxy) is 2. The van der Waals surface area contributed by atoms with Crippen LogP contribution in [0.4, 0.5) is 0 Å². The van der Waals surface area contributed by atoms with E-state index in [2.05, 4.69) is 123 Å². The average Bonchev–Trinajstić information content (AvgIpc) is 3.79. The normalized spacial score (nSPS) is 15.9. The Kier molecular flexibility index (Phi) is 13.6. The van der Waals surface area contributed by atoms with Crippen LogP contribution in [0.3, 0.4) is 0 Å². The van der Waals surface area contributed by atoms with Crippen molar-refractivity contribution in [1.29, 1.82) is 0 Å². The summed E-state index contributed by atoms with van der Waals surface area (Å²) in [6.07, 6.45) is 16.9. The van der Waals surface area contributed by atoms with Crippen molar-refractivity contribution in [3.8, 4) is 11.5 Å². The Morgan fingerprint density at radius 3 is 1.37 bits per heavy atom. The van der Waals surface area contributed by atoms with Crippen LogP contribution in [-0.2, 0) is 17.1 Å². The van der Waals surface area contributed by atoms with Crippen LogP contribution in [0, 0.1) is 62.9 Å². The smallest absolute Gasteiger partial charge is 0.496 e. The van der Waals surface area contributed by atoms with Gasteiger partial charge in [-0.05, 0) is 102 Å². The zero-order valence-corrected chi connectivity index (χ0v) is 27.5. The molecule has 0 amide bonds. The first-order valence-electron chi connectivity index (χ1n) is 14.1. The van der Waals surface area contributed by atoms with E-state index < -0.39 is 15.8 Å². The van der Waals surface area contributed by atoms with Crippen LogP contribution >= 0.6 is 15.8 Å². The molecular weight excluding hydrogens is 606 g/mol. The zero-order chi connectivity index (χ0) is 29.1. The van der Waals surface area contributed by atoms with E-state index in [1.54, 1.807) is 14.2 Å². The predicted molar refractivity (Wildman–Crippen MR) is 182 cm³/mol. The molecule has 2 aliphatic rings. The zero-order valence-electron chi connectivity index (χ0n) is 24.7. The van der Waals surface area contributed by atoms with Gasteiger partial charge < -0.3 is 9.47 Å². The van der Waals surface area contributed by atoms with E-state index in [4.69, 9.17) is 9.47 Å². The number of rotatable bonds is 9. The molecule has 43 heavy (non-hydrogen) atoms. The van der Waals surface area contributed by atoms with Gasteiger partial charge in [-0.1, -0.05) is 104 Å². The van der Waals surface area contributed by atoms with Crippen LogP contribution in [0.15, 0.2) is 109 Å². The van der Waals surface area contributed by atoms with Gasteiger partial charge in [-0.2, -0.15) is 0 Å². The maximum Gasteiger partial charge on any atom is 2.00 e. The minimum Gasteiger partial charge on any atom is -0.496 e. The van der Waals surface area contributed by atoms with E-state index in [1.165, 1.54) is 32.8 Å². The summed E-state index contributed by atoms with van der Waals surface area (Å²) in [5.74, 6) is 3.24. The molecule has 216 valence electrons. The van der Waals surface area contributed by atoms with Crippen LogP contribution in [0.5, 0.6) is 11.5 Å². The van der Waals surface area contributed by atoms with Crippen LogP contribution < -0.4 is 30.7 Å². The SMILES string of the molecule is COc1ccccc1P(c1ccccc1OC)C(C)[C]1[CH][CH][CH][C]1P(c1ccccc1)c1ccccc1.[CH]1[CH][CH][CH][CH]1.[Fe+2]. The van der Waals surface area contributed by atoms with E-state index >= 15 is 0 Å². The van der Waals surface area contributed by atoms with E-state index in [0.29, 0.717) is 0 Å². The molecule has 4 aromatic rings. The molecule has 5 heteroatoms. The Balaban J connectivity index is 0.000000641. The van der Waals surface area contributed by atoms with Crippen molar-refractivity contribution in [3.05, 3.63) is 172 Å². The van der Waals surface area contributed by atoms with Crippen molar-refractivity contribution in [2.75, 3.05) is 14.2 Å². The van der Waals surface area contributed by atoms with Gasteiger partial charge in [-0.15, -0.1) is 0 Å². The molecule has 0 saturated heterocycles. The third-order valence-electron chi connectivity index (χ3n) is 7.18. The predicted octanol–water partition coefficient (Wildman–Crippen LogP) is 7.41. The molecule has 2 nitrogen and oxygen atoms in total.